The molecule has 2 amide bonds. The van der Waals surface area contributed by atoms with Crippen molar-refractivity contribution in [3.63, 3.8) is 0 Å². The summed E-state index contributed by atoms with van der Waals surface area (Å²) in [5, 5.41) is 3.05. The number of ether oxygens (including phenoxy) is 1. The first kappa shape index (κ1) is 26.4. The van der Waals surface area contributed by atoms with Gasteiger partial charge in [-0.1, -0.05) is 77.1 Å². The summed E-state index contributed by atoms with van der Waals surface area (Å²) < 4.78 is 6.03. The molecule has 1 N–H and O–H groups in total. The molecule has 2 rings (SSSR count). The predicted octanol–water partition coefficient (Wildman–Crippen LogP) is 5.39. The maximum Gasteiger partial charge on any atom is 0.261 e. The zero-order chi connectivity index (χ0) is 24.6. The van der Waals surface area contributed by atoms with E-state index in [1.165, 1.54) is 0 Å². The van der Waals surface area contributed by atoms with Crippen molar-refractivity contribution in [3.05, 3.63) is 65.2 Å². The third-order valence-corrected chi connectivity index (χ3v) is 6.04. The molecule has 5 nitrogen and oxygen atoms in total. The number of carbonyl (C=O) groups excluding carboxylic acids is 2. The zero-order valence-corrected chi connectivity index (χ0v) is 21.3. The Balaban J connectivity index is 2.30. The van der Waals surface area contributed by atoms with Gasteiger partial charge in [0.2, 0.25) is 5.91 Å². The molecule has 0 unspecified atom stereocenters. The van der Waals surface area contributed by atoms with E-state index in [0.29, 0.717) is 18.7 Å². The smallest absolute Gasteiger partial charge is 0.261 e. The van der Waals surface area contributed by atoms with Crippen molar-refractivity contribution >= 4 is 11.8 Å². The monoisotopic (exact) mass is 452 g/mol. The number of nitrogens with zero attached hydrogens (tertiary/aromatic N) is 1. The number of amides is 2. The van der Waals surface area contributed by atoms with Crippen LogP contribution in [0.25, 0.3) is 0 Å². The highest BCUT2D eigenvalue weighted by Gasteiger charge is 2.30. The van der Waals surface area contributed by atoms with Gasteiger partial charge in [0.25, 0.3) is 5.91 Å². The van der Waals surface area contributed by atoms with Crippen LogP contribution in [0.2, 0.25) is 0 Å². The Morgan fingerprint density at radius 2 is 1.64 bits per heavy atom. The van der Waals surface area contributed by atoms with E-state index < -0.39 is 6.04 Å². The van der Waals surface area contributed by atoms with E-state index in [9.17, 15) is 9.59 Å². The Bertz CT molecular complexity index is 933. The molecule has 33 heavy (non-hydrogen) atoms. The first-order valence-electron chi connectivity index (χ1n) is 11.9. The molecule has 0 aliphatic carbocycles. The summed E-state index contributed by atoms with van der Waals surface area (Å²) >= 11 is 0. The summed E-state index contributed by atoms with van der Waals surface area (Å²) in [5.74, 6) is 0.378. The number of para-hydroxylation sites is 1. The van der Waals surface area contributed by atoms with Crippen LogP contribution in [0, 0.1) is 6.92 Å². The topological polar surface area (TPSA) is 58.6 Å². The number of hydrogen-bond donors (Lipinski definition) is 1. The summed E-state index contributed by atoms with van der Waals surface area (Å²) in [4.78, 5) is 28.2. The molecule has 5 heteroatoms. The quantitative estimate of drug-likeness (QED) is 0.526. The van der Waals surface area contributed by atoms with Crippen molar-refractivity contribution in [3.8, 4) is 5.75 Å². The Morgan fingerprint density at radius 1 is 1.00 bits per heavy atom. The maximum absolute atomic E-state index is 13.5. The largest absolute Gasteiger partial charge is 0.483 e. The van der Waals surface area contributed by atoms with Crippen molar-refractivity contribution < 1.29 is 14.3 Å². The van der Waals surface area contributed by atoms with Crippen LogP contribution in [0.3, 0.4) is 0 Å². The minimum Gasteiger partial charge on any atom is -0.483 e. The van der Waals surface area contributed by atoms with E-state index >= 15 is 0 Å². The number of benzene rings is 2. The number of aryl methyl sites for hydroxylation is 1. The van der Waals surface area contributed by atoms with Crippen LogP contribution in [0.4, 0.5) is 0 Å². The zero-order valence-electron chi connectivity index (χ0n) is 21.3. The van der Waals surface area contributed by atoms with Crippen LogP contribution in [0.5, 0.6) is 5.75 Å². The molecule has 0 spiro atoms. The minimum atomic E-state index is -0.562. The molecule has 0 aliphatic rings. The summed E-state index contributed by atoms with van der Waals surface area (Å²) in [6, 6.07) is 15.3. The Morgan fingerprint density at radius 3 is 2.24 bits per heavy atom. The lowest BCUT2D eigenvalue weighted by Gasteiger charge is -2.32. The summed E-state index contributed by atoms with van der Waals surface area (Å²) in [7, 11) is 0. The first-order chi connectivity index (χ1) is 15.6. The highest BCUT2D eigenvalue weighted by molar-refractivity contribution is 5.88. The van der Waals surface area contributed by atoms with E-state index in [-0.39, 0.29) is 29.9 Å². The van der Waals surface area contributed by atoms with Crippen LogP contribution in [0.1, 0.15) is 71.1 Å². The maximum atomic E-state index is 13.5. The molecule has 0 heterocycles. The lowest BCUT2D eigenvalue weighted by atomic mass is 9.86. The van der Waals surface area contributed by atoms with Gasteiger partial charge in [-0.2, -0.15) is 0 Å². The molecular weight excluding hydrogens is 412 g/mol. The molecule has 0 saturated heterocycles. The number of rotatable bonds is 10. The summed E-state index contributed by atoms with van der Waals surface area (Å²) in [5.41, 5.74) is 3.05. The van der Waals surface area contributed by atoms with Crippen LogP contribution in [-0.4, -0.2) is 35.4 Å². The van der Waals surface area contributed by atoms with Gasteiger partial charge < -0.3 is 15.0 Å². The van der Waals surface area contributed by atoms with Crippen LogP contribution in [-0.2, 0) is 21.5 Å². The fraction of sp³-hybridized carbons (Fsp3) is 0.500. The van der Waals surface area contributed by atoms with E-state index in [0.717, 1.165) is 23.1 Å². The molecule has 2 aromatic carbocycles. The van der Waals surface area contributed by atoms with Gasteiger partial charge in [0.05, 0.1) is 0 Å². The minimum absolute atomic E-state index is 0.0527. The Labute approximate surface area is 199 Å². The van der Waals surface area contributed by atoms with Crippen molar-refractivity contribution in [1.82, 2.24) is 10.2 Å². The summed E-state index contributed by atoms with van der Waals surface area (Å²) in [6.45, 7) is 14.6. The third-order valence-electron chi connectivity index (χ3n) is 6.04. The lowest BCUT2D eigenvalue weighted by molar-refractivity contribution is -0.143. The van der Waals surface area contributed by atoms with Gasteiger partial charge in [0.15, 0.2) is 6.61 Å². The molecule has 0 aromatic heterocycles. The van der Waals surface area contributed by atoms with Crippen molar-refractivity contribution in [2.24, 2.45) is 0 Å². The van der Waals surface area contributed by atoms with E-state index in [2.05, 4.69) is 26.1 Å². The number of nitrogens with one attached hydrogen (secondary N) is 1. The van der Waals surface area contributed by atoms with E-state index in [4.69, 9.17) is 4.74 Å². The van der Waals surface area contributed by atoms with Gasteiger partial charge in [-0.25, -0.2) is 0 Å². The highest BCUT2D eigenvalue weighted by Crippen LogP contribution is 2.31. The molecule has 2 aromatic rings. The van der Waals surface area contributed by atoms with Gasteiger partial charge in [-0.3, -0.25) is 9.59 Å². The van der Waals surface area contributed by atoms with Crippen LogP contribution >= 0.6 is 0 Å². The van der Waals surface area contributed by atoms with Crippen LogP contribution < -0.4 is 10.1 Å². The molecular formula is C28H40N2O3. The lowest BCUT2D eigenvalue weighted by Crippen LogP contribution is -2.51. The fourth-order valence-corrected chi connectivity index (χ4v) is 3.77. The average Bonchev–Trinajstić information content (AvgIpc) is 2.78. The molecule has 0 saturated carbocycles. The van der Waals surface area contributed by atoms with Crippen molar-refractivity contribution in [1.29, 1.82) is 0 Å². The van der Waals surface area contributed by atoms with Gasteiger partial charge >= 0.3 is 0 Å². The fourth-order valence-electron chi connectivity index (χ4n) is 3.77. The number of carbonyl (C=O) groups is 2. The van der Waals surface area contributed by atoms with Crippen molar-refractivity contribution in [2.75, 3.05) is 6.61 Å². The van der Waals surface area contributed by atoms with Crippen LogP contribution in [0.15, 0.2) is 48.5 Å². The second-order valence-electron chi connectivity index (χ2n) is 9.72. The molecule has 0 fully saturated rings. The van der Waals surface area contributed by atoms with Gasteiger partial charge in [-0.15, -0.1) is 0 Å². The standard InChI is InChI=1S/C28H40N2O3/c1-8-21(4)29-27(32)24(9-2)30(18-22-15-11-10-14-20(22)3)26(31)19-33-25-17-13-12-16-23(25)28(5,6)7/h10-17,21,24H,8-9,18-19H2,1-7H3,(H,29,32)/t21-,24-/m0/s1. The van der Waals surface area contributed by atoms with Gasteiger partial charge in [-0.05, 0) is 54.9 Å². The Kier molecular flexibility index (Phi) is 9.51. The predicted molar refractivity (Wildman–Crippen MR) is 134 cm³/mol. The first-order valence-corrected chi connectivity index (χ1v) is 11.9. The molecule has 0 aliphatic heterocycles. The average molecular weight is 453 g/mol. The molecule has 0 radical (unpaired) electrons. The molecule has 2 atom stereocenters. The normalized spacial score (nSPS) is 13.2. The third kappa shape index (κ3) is 7.34. The number of hydrogen-bond acceptors (Lipinski definition) is 3. The second-order valence-corrected chi connectivity index (χ2v) is 9.72. The highest BCUT2D eigenvalue weighted by atomic mass is 16.5. The van der Waals surface area contributed by atoms with Gasteiger partial charge in [0, 0.05) is 12.6 Å². The SMILES string of the molecule is CC[C@H](C)NC(=O)[C@H](CC)N(Cc1ccccc1C)C(=O)COc1ccccc1C(C)(C)C. The summed E-state index contributed by atoms with van der Waals surface area (Å²) in [6.07, 6.45) is 1.36. The Hall–Kier alpha value is -2.82. The van der Waals surface area contributed by atoms with E-state index in [1.807, 2.05) is 76.2 Å². The molecule has 180 valence electrons. The van der Waals surface area contributed by atoms with Crippen molar-refractivity contribution in [2.45, 2.75) is 85.4 Å². The second kappa shape index (κ2) is 11.9. The van der Waals surface area contributed by atoms with Gasteiger partial charge in [0.1, 0.15) is 11.8 Å². The van der Waals surface area contributed by atoms with E-state index in [1.54, 1.807) is 4.90 Å². The molecule has 0 bridgehead atoms.